The molecule has 0 saturated carbocycles. The molecule has 0 N–H and O–H groups in total. The van der Waals surface area contributed by atoms with Crippen molar-refractivity contribution >= 4 is 21.7 Å². The van der Waals surface area contributed by atoms with Gasteiger partial charge in [-0.2, -0.15) is 0 Å². The van der Waals surface area contributed by atoms with Gasteiger partial charge in [0.25, 0.3) is 0 Å². The average molecular weight is 296 g/mol. The summed E-state index contributed by atoms with van der Waals surface area (Å²) >= 11 is 3.39. The number of carbonyl (C=O) groups is 1. The van der Waals surface area contributed by atoms with Gasteiger partial charge in [-0.3, -0.25) is 4.79 Å². The van der Waals surface area contributed by atoms with E-state index in [1.54, 1.807) is 12.3 Å². The minimum Gasteiger partial charge on any atom is -0.383 e. The molecule has 0 unspecified atom stereocenters. The molecule has 0 radical (unpaired) electrons. The lowest BCUT2D eigenvalue weighted by molar-refractivity contribution is -0.118. The van der Waals surface area contributed by atoms with Crippen LogP contribution >= 0.6 is 15.9 Å². The maximum atomic E-state index is 12.1. The first kappa shape index (κ1) is 14.0. The molecule has 0 aliphatic carbocycles. The predicted molar refractivity (Wildman–Crippen MR) is 75.0 cm³/mol. The second-order valence-electron chi connectivity index (χ2n) is 4.78. The quantitative estimate of drug-likeness (QED) is 0.794. The molecule has 0 aromatic heterocycles. The van der Waals surface area contributed by atoms with Gasteiger partial charge in [0, 0.05) is 24.8 Å². The fourth-order valence-corrected chi connectivity index (χ4v) is 1.70. The van der Waals surface area contributed by atoms with E-state index in [-0.39, 0.29) is 5.78 Å². The van der Waals surface area contributed by atoms with Crippen molar-refractivity contribution in [3.8, 4) is 0 Å². The van der Waals surface area contributed by atoms with Crippen molar-refractivity contribution in [2.75, 3.05) is 14.1 Å². The van der Waals surface area contributed by atoms with Crippen LogP contribution < -0.4 is 0 Å². The Kier molecular flexibility index (Phi) is 4.52. The summed E-state index contributed by atoms with van der Waals surface area (Å²) in [6.07, 6.45) is 3.41. The zero-order valence-corrected chi connectivity index (χ0v) is 12.3. The molecule has 2 nitrogen and oxygen atoms in total. The van der Waals surface area contributed by atoms with Crippen LogP contribution in [0, 0.1) is 0 Å². The molecule has 0 amide bonds. The van der Waals surface area contributed by atoms with Gasteiger partial charge >= 0.3 is 0 Å². The van der Waals surface area contributed by atoms with Crippen LogP contribution in [0.1, 0.15) is 19.4 Å². The highest BCUT2D eigenvalue weighted by Gasteiger charge is 2.27. The average Bonchev–Trinajstić information content (AvgIpc) is 2.26. The molecular weight excluding hydrogens is 278 g/mol. The van der Waals surface area contributed by atoms with Gasteiger partial charge in [-0.15, -0.1) is 0 Å². The summed E-state index contributed by atoms with van der Waals surface area (Å²) < 4.78 is 1.02. The third-order valence-electron chi connectivity index (χ3n) is 2.71. The Morgan fingerprint density at radius 1 is 1.24 bits per heavy atom. The highest BCUT2D eigenvalue weighted by atomic mass is 79.9. The van der Waals surface area contributed by atoms with Gasteiger partial charge in [0.2, 0.25) is 0 Å². The van der Waals surface area contributed by atoms with Crippen molar-refractivity contribution in [2.45, 2.75) is 19.3 Å². The fourth-order valence-electron chi connectivity index (χ4n) is 1.43. The SMILES string of the molecule is CN(C)C=CC(=O)C(C)(C)c1ccc(Br)cc1. The van der Waals surface area contributed by atoms with Gasteiger partial charge in [-0.1, -0.05) is 28.1 Å². The maximum absolute atomic E-state index is 12.1. The van der Waals surface area contributed by atoms with Crippen LogP contribution in [-0.4, -0.2) is 24.8 Å². The van der Waals surface area contributed by atoms with E-state index < -0.39 is 5.41 Å². The summed E-state index contributed by atoms with van der Waals surface area (Å²) in [5.41, 5.74) is 0.529. The standard InChI is InChI=1S/C14H18BrNO/c1-14(2,13(17)9-10-16(3)4)11-5-7-12(15)8-6-11/h5-10H,1-4H3. The molecule has 1 aromatic carbocycles. The van der Waals surface area contributed by atoms with Crippen molar-refractivity contribution in [1.82, 2.24) is 4.90 Å². The Morgan fingerprint density at radius 2 is 1.76 bits per heavy atom. The molecule has 1 rings (SSSR count). The molecule has 1 aromatic rings. The van der Waals surface area contributed by atoms with E-state index in [4.69, 9.17) is 0 Å². The highest BCUT2D eigenvalue weighted by Crippen LogP contribution is 2.26. The highest BCUT2D eigenvalue weighted by molar-refractivity contribution is 9.10. The van der Waals surface area contributed by atoms with Gasteiger partial charge in [-0.25, -0.2) is 0 Å². The monoisotopic (exact) mass is 295 g/mol. The number of hydrogen-bond donors (Lipinski definition) is 0. The molecule has 0 aliphatic rings. The van der Waals surface area contributed by atoms with Gasteiger partial charge in [0.15, 0.2) is 5.78 Å². The van der Waals surface area contributed by atoms with E-state index in [0.29, 0.717) is 0 Å². The molecular formula is C14H18BrNO. The molecule has 0 heterocycles. The number of carbonyl (C=O) groups excluding carboxylic acids is 1. The van der Waals surface area contributed by atoms with Crippen LogP contribution in [0.15, 0.2) is 41.0 Å². The van der Waals surface area contributed by atoms with E-state index in [0.717, 1.165) is 10.0 Å². The lowest BCUT2D eigenvalue weighted by atomic mass is 9.80. The molecule has 0 saturated heterocycles. The zero-order valence-electron chi connectivity index (χ0n) is 10.7. The van der Waals surface area contributed by atoms with E-state index in [1.807, 2.05) is 57.1 Å². The number of halogens is 1. The van der Waals surface area contributed by atoms with Crippen LogP contribution in [-0.2, 0) is 10.2 Å². The molecule has 0 aliphatic heterocycles. The van der Waals surface area contributed by atoms with Crippen molar-refractivity contribution in [3.05, 3.63) is 46.6 Å². The third kappa shape index (κ3) is 3.70. The summed E-state index contributed by atoms with van der Waals surface area (Å²) in [6, 6.07) is 7.87. The minimum absolute atomic E-state index is 0.105. The van der Waals surface area contributed by atoms with E-state index in [2.05, 4.69) is 15.9 Å². The van der Waals surface area contributed by atoms with E-state index in [1.165, 1.54) is 0 Å². The van der Waals surface area contributed by atoms with Crippen molar-refractivity contribution < 1.29 is 4.79 Å². The Balaban J connectivity index is 2.94. The lowest BCUT2D eigenvalue weighted by Gasteiger charge is -2.22. The van der Waals surface area contributed by atoms with Crippen LogP contribution in [0.4, 0.5) is 0 Å². The normalized spacial score (nSPS) is 11.8. The Morgan fingerprint density at radius 3 is 2.24 bits per heavy atom. The summed E-state index contributed by atoms with van der Waals surface area (Å²) in [4.78, 5) is 14.0. The number of hydrogen-bond acceptors (Lipinski definition) is 2. The number of allylic oxidation sites excluding steroid dienone is 1. The Bertz CT molecular complexity index is 418. The fraction of sp³-hybridized carbons (Fsp3) is 0.357. The first-order valence-electron chi connectivity index (χ1n) is 5.49. The van der Waals surface area contributed by atoms with Crippen LogP contribution in [0.5, 0.6) is 0 Å². The smallest absolute Gasteiger partial charge is 0.167 e. The van der Waals surface area contributed by atoms with Gasteiger partial charge in [-0.05, 0) is 37.6 Å². The molecule has 0 bridgehead atoms. The number of benzene rings is 1. The van der Waals surface area contributed by atoms with Gasteiger partial charge < -0.3 is 4.90 Å². The Hall–Kier alpha value is -1.09. The topological polar surface area (TPSA) is 20.3 Å². The maximum Gasteiger partial charge on any atom is 0.167 e. The van der Waals surface area contributed by atoms with Crippen LogP contribution in [0.3, 0.4) is 0 Å². The largest absolute Gasteiger partial charge is 0.383 e. The molecule has 3 heteroatoms. The molecule has 0 fully saturated rings. The van der Waals surface area contributed by atoms with Crippen LogP contribution in [0.25, 0.3) is 0 Å². The van der Waals surface area contributed by atoms with E-state index >= 15 is 0 Å². The zero-order chi connectivity index (χ0) is 13.1. The number of rotatable bonds is 4. The van der Waals surface area contributed by atoms with Crippen LogP contribution in [0.2, 0.25) is 0 Å². The first-order valence-corrected chi connectivity index (χ1v) is 6.28. The summed E-state index contributed by atoms with van der Waals surface area (Å²) in [7, 11) is 3.80. The van der Waals surface area contributed by atoms with Crippen molar-refractivity contribution in [1.29, 1.82) is 0 Å². The van der Waals surface area contributed by atoms with Gasteiger partial charge in [0.05, 0.1) is 5.41 Å². The van der Waals surface area contributed by atoms with Crippen molar-refractivity contribution in [3.63, 3.8) is 0 Å². The molecule has 17 heavy (non-hydrogen) atoms. The van der Waals surface area contributed by atoms with Crippen molar-refractivity contribution in [2.24, 2.45) is 0 Å². The number of nitrogens with zero attached hydrogens (tertiary/aromatic N) is 1. The second-order valence-corrected chi connectivity index (χ2v) is 5.69. The van der Waals surface area contributed by atoms with E-state index in [9.17, 15) is 4.79 Å². The lowest BCUT2D eigenvalue weighted by Crippen LogP contribution is -2.27. The first-order chi connectivity index (χ1) is 7.84. The summed E-state index contributed by atoms with van der Waals surface area (Å²) in [5, 5.41) is 0. The third-order valence-corrected chi connectivity index (χ3v) is 3.23. The Labute approximate surface area is 111 Å². The molecule has 0 spiro atoms. The minimum atomic E-state index is -0.493. The predicted octanol–water partition coefficient (Wildman–Crippen LogP) is 3.37. The second kappa shape index (κ2) is 5.50. The number of ketones is 1. The molecule has 0 atom stereocenters. The summed E-state index contributed by atoms with van der Waals surface area (Å²) in [5.74, 6) is 0.105. The summed E-state index contributed by atoms with van der Waals surface area (Å²) in [6.45, 7) is 3.89. The molecule has 92 valence electrons. The van der Waals surface area contributed by atoms with Gasteiger partial charge in [0.1, 0.15) is 0 Å².